The average Bonchev–Trinajstić information content (AvgIpc) is 1.82. The number of carboxylic acids is 1. The van der Waals surface area contributed by atoms with Gasteiger partial charge in [-0.1, -0.05) is 0 Å². The zero-order chi connectivity index (χ0) is 8.15. The van der Waals surface area contributed by atoms with Crippen molar-refractivity contribution in [1.82, 2.24) is 0 Å². The van der Waals surface area contributed by atoms with E-state index in [0.717, 1.165) is 0 Å². The number of carboxylic acid groups (broad SMARTS) is 1. The Bertz CT molecular complexity index is 114. The zero-order valence-electron chi connectivity index (χ0n) is 6.04. The van der Waals surface area contributed by atoms with Gasteiger partial charge in [0.15, 0.2) is 0 Å². The van der Waals surface area contributed by atoms with Crippen molar-refractivity contribution in [3.63, 3.8) is 0 Å². The SMILES string of the molecule is CC(N)CCC(N)C(=O)[O-]. The van der Waals surface area contributed by atoms with Gasteiger partial charge in [0, 0.05) is 12.1 Å². The Balaban J connectivity index is 3.40. The lowest BCUT2D eigenvalue weighted by atomic mass is 10.1. The molecule has 0 aliphatic rings. The van der Waals surface area contributed by atoms with Crippen LogP contribution in [0.2, 0.25) is 0 Å². The lowest BCUT2D eigenvalue weighted by Crippen LogP contribution is -2.42. The van der Waals surface area contributed by atoms with E-state index < -0.39 is 12.0 Å². The van der Waals surface area contributed by atoms with Gasteiger partial charge in [-0.3, -0.25) is 0 Å². The second-order valence-electron chi connectivity index (χ2n) is 2.48. The van der Waals surface area contributed by atoms with Crippen molar-refractivity contribution in [2.24, 2.45) is 11.5 Å². The third-order valence-corrected chi connectivity index (χ3v) is 1.24. The Labute approximate surface area is 60.2 Å². The summed E-state index contributed by atoms with van der Waals surface area (Å²) in [6.45, 7) is 1.81. The van der Waals surface area contributed by atoms with Crippen molar-refractivity contribution in [3.8, 4) is 0 Å². The van der Waals surface area contributed by atoms with Crippen LogP contribution in [-0.2, 0) is 4.79 Å². The Kier molecular flexibility index (Phi) is 3.99. The lowest BCUT2D eigenvalue weighted by molar-refractivity contribution is -0.307. The van der Waals surface area contributed by atoms with Crippen LogP contribution in [0, 0.1) is 0 Å². The molecule has 0 radical (unpaired) electrons. The molecule has 0 heterocycles. The van der Waals surface area contributed by atoms with Gasteiger partial charge in [-0.15, -0.1) is 0 Å². The van der Waals surface area contributed by atoms with E-state index in [-0.39, 0.29) is 6.04 Å². The van der Waals surface area contributed by atoms with Crippen LogP contribution in [-0.4, -0.2) is 18.1 Å². The van der Waals surface area contributed by atoms with Gasteiger partial charge in [-0.05, 0) is 19.8 Å². The van der Waals surface area contributed by atoms with Crippen LogP contribution in [0.1, 0.15) is 19.8 Å². The van der Waals surface area contributed by atoms with E-state index in [0.29, 0.717) is 12.8 Å². The van der Waals surface area contributed by atoms with Gasteiger partial charge in [0.05, 0.1) is 5.97 Å². The van der Waals surface area contributed by atoms with Crippen LogP contribution in [0.15, 0.2) is 0 Å². The smallest absolute Gasteiger partial charge is 0.0582 e. The summed E-state index contributed by atoms with van der Waals surface area (Å²) in [4.78, 5) is 10.0. The lowest BCUT2D eigenvalue weighted by Gasteiger charge is -2.13. The van der Waals surface area contributed by atoms with Gasteiger partial charge in [0.25, 0.3) is 0 Å². The molecular weight excluding hydrogens is 132 g/mol. The minimum atomic E-state index is -1.21. The quantitative estimate of drug-likeness (QED) is 0.487. The van der Waals surface area contributed by atoms with Crippen molar-refractivity contribution >= 4 is 5.97 Å². The molecule has 0 amide bonds. The molecule has 10 heavy (non-hydrogen) atoms. The van der Waals surface area contributed by atoms with Crippen LogP contribution in [0.25, 0.3) is 0 Å². The van der Waals surface area contributed by atoms with Crippen LogP contribution >= 0.6 is 0 Å². The molecule has 4 nitrogen and oxygen atoms in total. The highest BCUT2D eigenvalue weighted by Crippen LogP contribution is 1.95. The number of carbonyl (C=O) groups excluding carboxylic acids is 1. The first kappa shape index (κ1) is 9.39. The molecule has 2 unspecified atom stereocenters. The molecule has 4 heteroatoms. The molecule has 0 fully saturated rings. The summed E-state index contributed by atoms with van der Waals surface area (Å²) < 4.78 is 0. The van der Waals surface area contributed by atoms with Crippen molar-refractivity contribution in [2.75, 3.05) is 0 Å². The molecule has 60 valence electrons. The first-order valence-electron chi connectivity index (χ1n) is 3.26. The van der Waals surface area contributed by atoms with Gasteiger partial charge >= 0.3 is 0 Å². The van der Waals surface area contributed by atoms with Gasteiger partial charge in [0.2, 0.25) is 0 Å². The molecule has 0 spiro atoms. The molecule has 0 aliphatic carbocycles. The second kappa shape index (κ2) is 4.24. The first-order chi connectivity index (χ1) is 4.54. The molecule has 0 aromatic rings. The fourth-order valence-corrected chi connectivity index (χ4v) is 0.560. The third-order valence-electron chi connectivity index (χ3n) is 1.24. The molecule has 0 saturated carbocycles. The van der Waals surface area contributed by atoms with Crippen molar-refractivity contribution in [2.45, 2.75) is 31.8 Å². The molecule has 0 rings (SSSR count). The highest BCUT2D eigenvalue weighted by Gasteiger charge is 2.03. The highest BCUT2D eigenvalue weighted by atomic mass is 16.4. The van der Waals surface area contributed by atoms with Gasteiger partial charge < -0.3 is 21.4 Å². The molecule has 4 N–H and O–H groups in total. The predicted octanol–water partition coefficient (Wildman–Crippen LogP) is -1.81. The average molecular weight is 145 g/mol. The minimum absolute atomic E-state index is 0.00500. The number of aliphatic carboxylic acids is 1. The third kappa shape index (κ3) is 4.29. The van der Waals surface area contributed by atoms with Crippen molar-refractivity contribution < 1.29 is 9.90 Å². The molecule has 0 bridgehead atoms. The summed E-state index contributed by atoms with van der Waals surface area (Å²) in [6, 6.07) is -0.864. The number of rotatable bonds is 4. The van der Waals surface area contributed by atoms with Crippen molar-refractivity contribution in [1.29, 1.82) is 0 Å². The van der Waals surface area contributed by atoms with Crippen molar-refractivity contribution in [3.05, 3.63) is 0 Å². The van der Waals surface area contributed by atoms with E-state index in [4.69, 9.17) is 11.5 Å². The standard InChI is InChI=1S/C6H14N2O2/c1-4(7)2-3-5(8)6(9)10/h4-5H,2-3,7-8H2,1H3,(H,9,10)/p-1. The summed E-state index contributed by atoms with van der Waals surface area (Å²) in [6.07, 6.45) is 1.01. The van der Waals surface area contributed by atoms with Gasteiger partial charge in [0.1, 0.15) is 0 Å². The number of carbonyl (C=O) groups is 1. The second-order valence-corrected chi connectivity index (χ2v) is 2.48. The molecule has 0 saturated heterocycles. The predicted molar refractivity (Wildman–Crippen MR) is 35.9 cm³/mol. The maximum Gasteiger partial charge on any atom is 0.0582 e. The maximum atomic E-state index is 10.0. The fraction of sp³-hybridized carbons (Fsp3) is 0.833. The molecular formula is C6H13N2O2-. The fourth-order valence-electron chi connectivity index (χ4n) is 0.560. The van der Waals surface area contributed by atoms with Gasteiger partial charge in [-0.25, -0.2) is 0 Å². The van der Waals surface area contributed by atoms with Crippen LogP contribution in [0.4, 0.5) is 0 Å². The summed E-state index contributed by atoms with van der Waals surface area (Å²) in [7, 11) is 0. The zero-order valence-corrected chi connectivity index (χ0v) is 6.04. The van der Waals surface area contributed by atoms with E-state index in [9.17, 15) is 9.90 Å². The Morgan fingerprint density at radius 1 is 1.50 bits per heavy atom. The van der Waals surface area contributed by atoms with Crippen LogP contribution < -0.4 is 16.6 Å². The van der Waals surface area contributed by atoms with E-state index in [1.54, 1.807) is 0 Å². The molecule has 0 aliphatic heterocycles. The summed E-state index contributed by atoms with van der Waals surface area (Å²) in [5.41, 5.74) is 10.5. The van der Waals surface area contributed by atoms with E-state index >= 15 is 0 Å². The summed E-state index contributed by atoms with van der Waals surface area (Å²) in [5, 5.41) is 10.0. The number of hydrogen-bond donors (Lipinski definition) is 2. The minimum Gasteiger partial charge on any atom is -0.548 e. The van der Waals surface area contributed by atoms with E-state index in [2.05, 4.69) is 0 Å². The number of hydrogen-bond acceptors (Lipinski definition) is 4. The first-order valence-corrected chi connectivity index (χ1v) is 3.26. The molecule has 0 aromatic carbocycles. The van der Waals surface area contributed by atoms with Crippen LogP contribution in [0.3, 0.4) is 0 Å². The summed E-state index contributed by atoms with van der Waals surface area (Å²) >= 11 is 0. The molecule has 2 atom stereocenters. The van der Waals surface area contributed by atoms with E-state index in [1.807, 2.05) is 6.92 Å². The maximum absolute atomic E-state index is 10.0. The largest absolute Gasteiger partial charge is 0.548 e. The Morgan fingerprint density at radius 3 is 2.30 bits per heavy atom. The Hall–Kier alpha value is -0.610. The topological polar surface area (TPSA) is 92.2 Å². The van der Waals surface area contributed by atoms with Crippen LogP contribution in [0.5, 0.6) is 0 Å². The highest BCUT2D eigenvalue weighted by molar-refractivity contribution is 5.70. The summed E-state index contributed by atoms with van der Waals surface area (Å²) in [5.74, 6) is -1.21. The molecule has 0 aromatic heterocycles. The monoisotopic (exact) mass is 145 g/mol. The normalized spacial score (nSPS) is 16.3. The van der Waals surface area contributed by atoms with Gasteiger partial charge in [-0.2, -0.15) is 0 Å². The number of nitrogens with two attached hydrogens (primary N) is 2. The Morgan fingerprint density at radius 2 is 2.00 bits per heavy atom. The van der Waals surface area contributed by atoms with E-state index in [1.165, 1.54) is 0 Å².